The zero-order valence-corrected chi connectivity index (χ0v) is 11.4. The molecule has 1 aromatic heterocycles. The van der Waals surface area contributed by atoms with Crippen molar-refractivity contribution in [2.45, 2.75) is 26.3 Å². The molecule has 1 aromatic carbocycles. The summed E-state index contributed by atoms with van der Waals surface area (Å²) in [7, 11) is 0. The molecule has 4 N–H and O–H groups in total. The maximum Gasteiger partial charge on any atom is 0.145 e. The van der Waals surface area contributed by atoms with Crippen LogP contribution in [0.5, 0.6) is 0 Å². The van der Waals surface area contributed by atoms with Crippen LogP contribution in [0.2, 0.25) is 0 Å². The quantitative estimate of drug-likeness (QED) is 0.557. The van der Waals surface area contributed by atoms with Crippen LogP contribution >= 0.6 is 0 Å². The summed E-state index contributed by atoms with van der Waals surface area (Å²) in [4.78, 5) is 8.68. The normalized spacial score (nSPS) is 10.3. The van der Waals surface area contributed by atoms with E-state index in [4.69, 9.17) is 5.84 Å². The number of hydrazine groups is 1. The highest BCUT2D eigenvalue weighted by atomic mass is 19.1. The lowest BCUT2D eigenvalue weighted by Gasteiger charge is -2.09. The molecule has 0 spiro atoms. The molecule has 0 aliphatic carbocycles. The van der Waals surface area contributed by atoms with Crippen molar-refractivity contribution in [2.75, 3.05) is 10.7 Å². The van der Waals surface area contributed by atoms with Crippen LogP contribution in [0.1, 0.15) is 24.7 Å². The van der Waals surface area contributed by atoms with Gasteiger partial charge in [0.25, 0.3) is 0 Å². The number of halogens is 1. The first-order valence-electron chi connectivity index (χ1n) is 6.54. The Morgan fingerprint density at radius 2 is 1.85 bits per heavy atom. The van der Waals surface area contributed by atoms with Crippen LogP contribution in [-0.2, 0) is 13.0 Å². The van der Waals surface area contributed by atoms with Gasteiger partial charge < -0.3 is 10.7 Å². The summed E-state index contributed by atoms with van der Waals surface area (Å²) in [5, 5.41) is 3.18. The smallest absolute Gasteiger partial charge is 0.145 e. The van der Waals surface area contributed by atoms with Gasteiger partial charge >= 0.3 is 0 Å². The number of anilines is 2. The molecule has 5 nitrogen and oxygen atoms in total. The molecule has 0 amide bonds. The topological polar surface area (TPSA) is 75.9 Å². The number of benzene rings is 1. The van der Waals surface area contributed by atoms with E-state index in [1.807, 2.05) is 0 Å². The van der Waals surface area contributed by atoms with Gasteiger partial charge in [0.15, 0.2) is 0 Å². The molecule has 0 bridgehead atoms. The number of hydrogen-bond donors (Lipinski definition) is 3. The van der Waals surface area contributed by atoms with Gasteiger partial charge in [-0.3, -0.25) is 0 Å². The van der Waals surface area contributed by atoms with Crippen LogP contribution in [0.25, 0.3) is 0 Å². The fourth-order valence-corrected chi connectivity index (χ4v) is 1.79. The maximum absolute atomic E-state index is 12.8. The molecule has 0 aliphatic heterocycles. The molecule has 0 aliphatic rings. The zero-order chi connectivity index (χ0) is 14.4. The summed E-state index contributed by atoms with van der Waals surface area (Å²) in [6, 6.07) is 8.08. The third-order valence-electron chi connectivity index (χ3n) is 2.78. The second-order valence-electron chi connectivity index (χ2n) is 4.43. The van der Waals surface area contributed by atoms with Gasteiger partial charge in [-0.2, -0.15) is 0 Å². The van der Waals surface area contributed by atoms with Crippen molar-refractivity contribution in [1.29, 1.82) is 0 Å². The molecule has 0 unspecified atom stereocenters. The monoisotopic (exact) mass is 275 g/mol. The summed E-state index contributed by atoms with van der Waals surface area (Å²) in [6.07, 6.45) is 1.76. The third kappa shape index (κ3) is 3.89. The molecular weight excluding hydrogens is 257 g/mol. The molecule has 0 saturated carbocycles. The number of hydrogen-bond acceptors (Lipinski definition) is 5. The van der Waals surface area contributed by atoms with Gasteiger partial charge in [-0.25, -0.2) is 20.2 Å². The van der Waals surface area contributed by atoms with Crippen molar-refractivity contribution >= 4 is 11.6 Å². The standard InChI is InChI=1S/C14H18FN5/c1-2-3-12-18-13(8-14(19-12)20-16)17-9-10-4-6-11(15)7-5-10/h4-8H,2-3,9,16H2,1H3,(H2,17,18,19,20). The Labute approximate surface area is 117 Å². The van der Waals surface area contributed by atoms with Crippen LogP contribution in [-0.4, -0.2) is 9.97 Å². The minimum absolute atomic E-state index is 0.240. The van der Waals surface area contributed by atoms with Crippen molar-refractivity contribution in [1.82, 2.24) is 9.97 Å². The number of nitrogens with two attached hydrogens (primary N) is 1. The first kappa shape index (κ1) is 14.2. The van der Waals surface area contributed by atoms with Gasteiger partial charge in [-0.05, 0) is 24.1 Å². The molecule has 6 heteroatoms. The summed E-state index contributed by atoms with van der Waals surface area (Å²) >= 11 is 0. The summed E-state index contributed by atoms with van der Waals surface area (Å²) < 4.78 is 12.8. The summed E-state index contributed by atoms with van der Waals surface area (Å²) in [6.45, 7) is 2.63. The highest BCUT2D eigenvalue weighted by molar-refractivity contribution is 5.47. The molecule has 20 heavy (non-hydrogen) atoms. The number of aryl methyl sites for hydroxylation is 1. The Hall–Kier alpha value is -2.21. The van der Waals surface area contributed by atoms with Crippen LogP contribution in [0.3, 0.4) is 0 Å². The molecule has 0 radical (unpaired) electrons. The van der Waals surface area contributed by atoms with E-state index >= 15 is 0 Å². The van der Waals surface area contributed by atoms with E-state index in [1.165, 1.54) is 12.1 Å². The van der Waals surface area contributed by atoms with Crippen molar-refractivity contribution in [2.24, 2.45) is 5.84 Å². The largest absolute Gasteiger partial charge is 0.366 e. The Kier molecular flexibility index (Phi) is 4.84. The van der Waals surface area contributed by atoms with E-state index in [0.29, 0.717) is 18.2 Å². The molecule has 2 rings (SSSR count). The highest BCUT2D eigenvalue weighted by Crippen LogP contribution is 2.13. The minimum atomic E-state index is -0.240. The van der Waals surface area contributed by atoms with E-state index in [1.54, 1.807) is 18.2 Å². The van der Waals surface area contributed by atoms with Crippen molar-refractivity contribution in [3.63, 3.8) is 0 Å². The average Bonchev–Trinajstić information content (AvgIpc) is 2.47. The van der Waals surface area contributed by atoms with E-state index in [2.05, 4.69) is 27.6 Å². The molecule has 0 saturated heterocycles. The lowest BCUT2D eigenvalue weighted by Crippen LogP contribution is -2.12. The predicted octanol–water partition coefficient (Wildman–Crippen LogP) is 2.47. The number of aromatic nitrogens is 2. The number of nitrogens with zero attached hydrogens (tertiary/aromatic N) is 2. The Bertz CT molecular complexity index is 556. The Balaban J connectivity index is 2.07. The van der Waals surface area contributed by atoms with Crippen LogP contribution < -0.4 is 16.6 Å². The average molecular weight is 275 g/mol. The predicted molar refractivity (Wildman–Crippen MR) is 77.6 cm³/mol. The first-order chi connectivity index (χ1) is 9.71. The molecule has 1 heterocycles. The fraction of sp³-hybridized carbons (Fsp3) is 0.286. The van der Waals surface area contributed by atoms with Gasteiger partial charge in [-0.1, -0.05) is 19.1 Å². The maximum atomic E-state index is 12.8. The SMILES string of the molecule is CCCc1nc(NN)cc(NCc2ccc(F)cc2)n1. The van der Waals surface area contributed by atoms with Gasteiger partial charge in [0, 0.05) is 19.0 Å². The van der Waals surface area contributed by atoms with Crippen molar-refractivity contribution in [3.8, 4) is 0 Å². The molecule has 2 aromatic rings. The molecule has 106 valence electrons. The van der Waals surface area contributed by atoms with Crippen LogP contribution in [0.4, 0.5) is 16.0 Å². The van der Waals surface area contributed by atoms with E-state index < -0.39 is 0 Å². The lowest BCUT2D eigenvalue weighted by atomic mass is 10.2. The van der Waals surface area contributed by atoms with Crippen LogP contribution in [0.15, 0.2) is 30.3 Å². The molecule has 0 atom stereocenters. The second-order valence-corrected chi connectivity index (χ2v) is 4.43. The van der Waals surface area contributed by atoms with E-state index in [-0.39, 0.29) is 5.82 Å². The zero-order valence-electron chi connectivity index (χ0n) is 11.4. The Morgan fingerprint density at radius 3 is 2.50 bits per heavy atom. The van der Waals surface area contributed by atoms with Crippen molar-refractivity contribution in [3.05, 3.63) is 47.5 Å². The number of nitrogen functional groups attached to an aromatic ring is 1. The first-order valence-corrected chi connectivity index (χ1v) is 6.54. The van der Waals surface area contributed by atoms with E-state index in [0.717, 1.165) is 24.2 Å². The highest BCUT2D eigenvalue weighted by Gasteiger charge is 2.03. The third-order valence-corrected chi connectivity index (χ3v) is 2.78. The van der Waals surface area contributed by atoms with Gasteiger partial charge in [0.05, 0.1) is 0 Å². The molecular formula is C14H18FN5. The van der Waals surface area contributed by atoms with Gasteiger partial charge in [0.1, 0.15) is 23.3 Å². The lowest BCUT2D eigenvalue weighted by molar-refractivity contribution is 0.627. The minimum Gasteiger partial charge on any atom is -0.366 e. The fourth-order valence-electron chi connectivity index (χ4n) is 1.79. The van der Waals surface area contributed by atoms with Gasteiger partial charge in [-0.15, -0.1) is 0 Å². The van der Waals surface area contributed by atoms with Crippen molar-refractivity contribution < 1.29 is 4.39 Å². The Morgan fingerprint density at radius 1 is 1.15 bits per heavy atom. The molecule has 0 fully saturated rings. The number of rotatable bonds is 6. The van der Waals surface area contributed by atoms with Crippen LogP contribution in [0, 0.1) is 5.82 Å². The van der Waals surface area contributed by atoms with Gasteiger partial charge in [0.2, 0.25) is 0 Å². The number of nitrogens with one attached hydrogen (secondary N) is 2. The van der Waals surface area contributed by atoms with E-state index in [9.17, 15) is 4.39 Å². The summed E-state index contributed by atoms with van der Waals surface area (Å²) in [5.41, 5.74) is 3.51. The second kappa shape index (κ2) is 6.81. The summed E-state index contributed by atoms with van der Waals surface area (Å²) in [5.74, 6) is 7.17.